The van der Waals surface area contributed by atoms with Gasteiger partial charge in [-0.1, -0.05) is 12.1 Å². The summed E-state index contributed by atoms with van der Waals surface area (Å²) in [7, 11) is 1.82. The molecule has 1 heterocycles. The molecule has 26 heavy (non-hydrogen) atoms. The molecular weight excluding hydrogens is 344 g/mol. The van der Waals surface area contributed by atoms with Gasteiger partial charge in [-0.3, -0.25) is 9.79 Å². The standard InChI is InChI=1S/C20H32N4OS/c1-19(2,3)23-17(25)16-9-7-8-15(12-16)13-22-18(21-6)24-10-11-26-20(4,5)14-24/h7-9,12H,10-11,13-14H2,1-6H3,(H,21,22)(H,23,25). The number of thioether (sulfide) groups is 1. The van der Waals surface area contributed by atoms with E-state index in [1.54, 1.807) is 0 Å². The minimum atomic E-state index is -0.244. The van der Waals surface area contributed by atoms with Crippen LogP contribution in [0.5, 0.6) is 0 Å². The summed E-state index contributed by atoms with van der Waals surface area (Å²) in [5.74, 6) is 1.98. The van der Waals surface area contributed by atoms with Crippen molar-refractivity contribution in [1.29, 1.82) is 0 Å². The molecule has 1 amide bonds. The Balaban J connectivity index is 2.00. The Morgan fingerprint density at radius 2 is 2.08 bits per heavy atom. The second-order valence-electron chi connectivity index (χ2n) is 8.33. The van der Waals surface area contributed by atoms with Crippen molar-refractivity contribution >= 4 is 23.6 Å². The lowest BCUT2D eigenvalue weighted by atomic mass is 10.1. The second-order valence-corrected chi connectivity index (χ2v) is 10.1. The molecule has 6 heteroatoms. The van der Waals surface area contributed by atoms with Gasteiger partial charge in [0.05, 0.1) is 0 Å². The number of benzene rings is 1. The molecule has 0 atom stereocenters. The summed E-state index contributed by atoms with van der Waals surface area (Å²) < 4.78 is 0.237. The number of nitrogens with zero attached hydrogens (tertiary/aromatic N) is 2. The Bertz CT molecular complexity index is 664. The quantitative estimate of drug-likeness (QED) is 0.629. The van der Waals surface area contributed by atoms with E-state index in [9.17, 15) is 4.79 Å². The second kappa shape index (κ2) is 8.33. The van der Waals surface area contributed by atoms with Crippen LogP contribution in [0.15, 0.2) is 29.3 Å². The van der Waals surface area contributed by atoms with Crippen molar-refractivity contribution in [3.05, 3.63) is 35.4 Å². The van der Waals surface area contributed by atoms with E-state index in [1.165, 1.54) is 0 Å². The normalized spacial score (nSPS) is 17.8. The van der Waals surface area contributed by atoms with Crippen LogP contribution in [0.3, 0.4) is 0 Å². The molecule has 0 aromatic heterocycles. The van der Waals surface area contributed by atoms with E-state index < -0.39 is 0 Å². The minimum absolute atomic E-state index is 0.0430. The van der Waals surface area contributed by atoms with E-state index in [2.05, 4.69) is 34.4 Å². The number of hydrogen-bond acceptors (Lipinski definition) is 3. The molecule has 1 aromatic rings. The SMILES string of the molecule is CN=C(NCc1cccc(C(=O)NC(C)(C)C)c1)N1CCSC(C)(C)C1. The monoisotopic (exact) mass is 376 g/mol. The van der Waals surface area contributed by atoms with Crippen molar-refractivity contribution < 1.29 is 4.79 Å². The third-order valence-corrected chi connectivity index (χ3v) is 5.36. The lowest BCUT2D eigenvalue weighted by Crippen LogP contribution is -2.50. The zero-order chi connectivity index (χ0) is 19.4. The van der Waals surface area contributed by atoms with Crippen LogP contribution in [0.4, 0.5) is 0 Å². The van der Waals surface area contributed by atoms with E-state index in [1.807, 2.05) is 63.8 Å². The van der Waals surface area contributed by atoms with Crippen LogP contribution in [-0.2, 0) is 6.54 Å². The Morgan fingerprint density at radius 3 is 2.69 bits per heavy atom. The molecule has 0 aliphatic carbocycles. The Hall–Kier alpha value is -1.69. The topological polar surface area (TPSA) is 56.7 Å². The molecule has 1 saturated heterocycles. The first-order chi connectivity index (χ1) is 12.1. The Labute approximate surface area is 162 Å². The molecule has 1 aromatic carbocycles. The molecular formula is C20H32N4OS. The van der Waals surface area contributed by atoms with E-state index >= 15 is 0 Å². The zero-order valence-electron chi connectivity index (χ0n) is 16.8. The van der Waals surface area contributed by atoms with Crippen LogP contribution < -0.4 is 10.6 Å². The fourth-order valence-electron chi connectivity index (χ4n) is 2.95. The third-order valence-electron chi connectivity index (χ3n) is 4.07. The summed E-state index contributed by atoms with van der Waals surface area (Å²) in [6, 6.07) is 7.75. The minimum Gasteiger partial charge on any atom is -0.352 e. The molecule has 2 rings (SSSR count). The highest BCUT2D eigenvalue weighted by atomic mass is 32.2. The largest absolute Gasteiger partial charge is 0.352 e. The highest BCUT2D eigenvalue weighted by Gasteiger charge is 2.28. The average molecular weight is 377 g/mol. The van der Waals surface area contributed by atoms with Gasteiger partial charge in [0.15, 0.2) is 5.96 Å². The summed E-state index contributed by atoms with van der Waals surface area (Å²) in [5, 5.41) is 6.45. The molecule has 0 bridgehead atoms. The smallest absolute Gasteiger partial charge is 0.251 e. The molecule has 1 fully saturated rings. The number of nitrogens with one attached hydrogen (secondary N) is 2. The van der Waals surface area contributed by atoms with Gasteiger partial charge < -0.3 is 15.5 Å². The predicted molar refractivity (Wildman–Crippen MR) is 112 cm³/mol. The number of carbonyl (C=O) groups excluding carboxylic acids is 1. The van der Waals surface area contributed by atoms with Crippen LogP contribution in [0.2, 0.25) is 0 Å². The highest BCUT2D eigenvalue weighted by Crippen LogP contribution is 2.29. The first-order valence-corrected chi connectivity index (χ1v) is 10.1. The van der Waals surface area contributed by atoms with E-state index in [0.717, 1.165) is 30.4 Å². The molecule has 0 spiro atoms. The third kappa shape index (κ3) is 6.24. The summed E-state index contributed by atoms with van der Waals surface area (Å²) in [6.45, 7) is 13.1. The summed E-state index contributed by atoms with van der Waals surface area (Å²) in [5.41, 5.74) is 1.51. The van der Waals surface area contributed by atoms with Crippen molar-refractivity contribution in [3.8, 4) is 0 Å². The van der Waals surface area contributed by atoms with Gasteiger partial charge in [-0.05, 0) is 52.3 Å². The molecule has 0 saturated carbocycles. The van der Waals surface area contributed by atoms with E-state index in [-0.39, 0.29) is 16.2 Å². The van der Waals surface area contributed by atoms with Gasteiger partial charge in [0, 0.05) is 48.3 Å². The number of hydrogen-bond donors (Lipinski definition) is 2. The molecule has 1 aliphatic heterocycles. The summed E-state index contributed by atoms with van der Waals surface area (Å²) in [4.78, 5) is 19.1. The maximum atomic E-state index is 12.4. The van der Waals surface area contributed by atoms with Crippen molar-refractivity contribution in [3.63, 3.8) is 0 Å². The van der Waals surface area contributed by atoms with Crippen molar-refractivity contribution in [2.45, 2.75) is 51.4 Å². The maximum absolute atomic E-state index is 12.4. The average Bonchev–Trinajstić information content (AvgIpc) is 2.53. The van der Waals surface area contributed by atoms with Gasteiger partial charge in [-0.2, -0.15) is 11.8 Å². The molecule has 1 aliphatic rings. The number of aliphatic imine (C=N–C) groups is 1. The fourth-order valence-corrected chi connectivity index (χ4v) is 4.06. The van der Waals surface area contributed by atoms with Gasteiger partial charge in [0.25, 0.3) is 5.91 Å². The molecule has 2 N–H and O–H groups in total. The van der Waals surface area contributed by atoms with Crippen LogP contribution in [-0.4, -0.2) is 52.9 Å². The predicted octanol–water partition coefficient (Wildman–Crippen LogP) is 3.12. The van der Waals surface area contributed by atoms with Crippen molar-refractivity contribution in [2.24, 2.45) is 4.99 Å². The number of amides is 1. The number of carbonyl (C=O) groups is 1. The van der Waals surface area contributed by atoms with E-state index in [4.69, 9.17) is 0 Å². The highest BCUT2D eigenvalue weighted by molar-refractivity contribution is 8.00. The first kappa shape index (κ1) is 20.6. The van der Waals surface area contributed by atoms with Crippen LogP contribution in [0.1, 0.15) is 50.5 Å². The lowest BCUT2D eigenvalue weighted by Gasteiger charge is -2.39. The van der Waals surface area contributed by atoms with Crippen LogP contribution in [0.25, 0.3) is 0 Å². The number of guanidine groups is 1. The van der Waals surface area contributed by atoms with Gasteiger partial charge in [-0.15, -0.1) is 0 Å². The lowest BCUT2D eigenvalue weighted by molar-refractivity contribution is 0.0919. The maximum Gasteiger partial charge on any atom is 0.251 e. The molecule has 144 valence electrons. The van der Waals surface area contributed by atoms with Crippen LogP contribution >= 0.6 is 11.8 Å². The van der Waals surface area contributed by atoms with Crippen molar-refractivity contribution in [1.82, 2.24) is 15.5 Å². The Kier molecular flexibility index (Phi) is 6.61. The van der Waals surface area contributed by atoms with Crippen LogP contribution in [0, 0.1) is 0 Å². The first-order valence-electron chi connectivity index (χ1n) is 9.11. The molecule has 0 radical (unpaired) electrons. The van der Waals surface area contributed by atoms with Gasteiger partial charge in [-0.25, -0.2) is 0 Å². The fraction of sp³-hybridized carbons (Fsp3) is 0.600. The van der Waals surface area contributed by atoms with Gasteiger partial charge in [0.2, 0.25) is 0 Å². The van der Waals surface area contributed by atoms with Crippen molar-refractivity contribution in [2.75, 3.05) is 25.9 Å². The molecule has 5 nitrogen and oxygen atoms in total. The van der Waals surface area contributed by atoms with Gasteiger partial charge >= 0.3 is 0 Å². The Morgan fingerprint density at radius 1 is 1.35 bits per heavy atom. The molecule has 0 unspecified atom stereocenters. The van der Waals surface area contributed by atoms with Gasteiger partial charge in [0.1, 0.15) is 0 Å². The summed E-state index contributed by atoms with van der Waals surface area (Å²) >= 11 is 2.01. The number of rotatable bonds is 3. The van der Waals surface area contributed by atoms with E-state index in [0.29, 0.717) is 12.1 Å². The zero-order valence-corrected chi connectivity index (χ0v) is 17.7. The summed E-state index contributed by atoms with van der Waals surface area (Å²) in [6.07, 6.45) is 0.